The topological polar surface area (TPSA) is 101 Å². The third kappa shape index (κ3) is 4.43. The zero-order chi connectivity index (χ0) is 21.2. The van der Waals surface area contributed by atoms with Crippen LogP contribution in [0.25, 0.3) is 0 Å². The van der Waals surface area contributed by atoms with Crippen molar-refractivity contribution in [2.75, 3.05) is 26.2 Å². The van der Waals surface area contributed by atoms with Crippen LogP contribution in [0, 0.1) is 22.9 Å². The summed E-state index contributed by atoms with van der Waals surface area (Å²) in [6.45, 7) is 2.47. The first kappa shape index (κ1) is 20.9. The Morgan fingerprint density at radius 1 is 1.07 bits per heavy atom. The Hall–Kier alpha value is -2.85. The highest BCUT2D eigenvalue weighted by Crippen LogP contribution is 2.22. The maximum absolute atomic E-state index is 13.1. The summed E-state index contributed by atoms with van der Waals surface area (Å²) in [6, 6.07) is 8.81. The van der Waals surface area contributed by atoms with Crippen molar-refractivity contribution in [3.63, 3.8) is 0 Å². The third-order valence-electron chi connectivity index (χ3n) is 4.83. The van der Waals surface area contributed by atoms with Gasteiger partial charge in [0.1, 0.15) is 5.82 Å². The molecule has 1 aliphatic heterocycles. The number of amides is 1. The third-order valence-corrected chi connectivity index (χ3v) is 6.75. The van der Waals surface area contributed by atoms with E-state index >= 15 is 0 Å². The Morgan fingerprint density at radius 3 is 2.38 bits per heavy atom. The van der Waals surface area contributed by atoms with Crippen molar-refractivity contribution in [2.24, 2.45) is 0 Å². The number of carbonyl (C=O) groups is 1. The first-order chi connectivity index (χ1) is 13.7. The van der Waals surface area contributed by atoms with Crippen LogP contribution < -0.4 is 0 Å². The van der Waals surface area contributed by atoms with Crippen LogP contribution in [0.1, 0.15) is 22.3 Å². The number of nitro groups is 1. The van der Waals surface area contributed by atoms with Gasteiger partial charge < -0.3 is 4.90 Å². The molecule has 1 saturated heterocycles. The average molecular weight is 421 g/mol. The summed E-state index contributed by atoms with van der Waals surface area (Å²) in [5.41, 5.74) is 0.646. The highest BCUT2D eigenvalue weighted by atomic mass is 32.2. The van der Waals surface area contributed by atoms with Gasteiger partial charge in [0.25, 0.3) is 11.6 Å². The number of hydrogen-bond acceptors (Lipinski definition) is 5. The zero-order valence-electron chi connectivity index (χ0n) is 15.7. The molecule has 2 aromatic carbocycles. The zero-order valence-corrected chi connectivity index (χ0v) is 16.6. The van der Waals surface area contributed by atoms with E-state index in [-0.39, 0.29) is 36.1 Å². The van der Waals surface area contributed by atoms with Gasteiger partial charge >= 0.3 is 0 Å². The minimum Gasteiger partial charge on any atom is -0.337 e. The van der Waals surface area contributed by atoms with Gasteiger partial charge in [-0.15, -0.1) is 0 Å². The molecule has 2 aromatic rings. The summed E-state index contributed by atoms with van der Waals surface area (Å²) in [4.78, 5) is 24.8. The van der Waals surface area contributed by atoms with E-state index in [1.165, 1.54) is 34.6 Å². The molecular formula is C19H20FN3O5S. The fourth-order valence-electron chi connectivity index (χ4n) is 3.27. The molecule has 0 radical (unpaired) electrons. The highest BCUT2D eigenvalue weighted by Gasteiger charge is 2.29. The summed E-state index contributed by atoms with van der Waals surface area (Å²) in [5, 5.41) is 10.9. The van der Waals surface area contributed by atoms with Gasteiger partial charge in [0.15, 0.2) is 0 Å². The van der Waals surface area contributed by atoms with Crippen LogP contribution in [0.15, 0.2) is 47.4 Å². The second kappa shape index (κ2) is 8.26. The van der Waals surface area contributed by atoms with Crippen LogP contribution in [0.3, 0.4) is 0 Å². The second-order valence-electron chi connectivity index (χ2n) is 6.76. The standard InChI is InChI=1S/C19H20FN3O5S/c1-14-13-15(3-8-18(14)23(25)26)19(24)21-9-2-10-22(12-11-21)29(27,28)17-6-4-16(20)5-7-17/h3-8,13H,2,9-12H2,1H3. The SMILES string of the molecule is Cc1cc(C(=O)N2CCCN(S(=O)(=O)c3ccc(F)cc3)CC2)ccc1[N+](=O)[O-]. The molecule has 0 aromatic heterocycles. The number of rotatable bonds is 4. The van der Waals surface area contributed by atoms with Gasteiger partial charge in [-0.2, -0.15) is 4.31 Å². The molecule has 1 amide bonds. The minimum absolute atomic E-state index is 0.00432. The predicted octanol–water partition coefficient (Wildman–Crippen LogP) is 2.58. The van der Waals surface area contributed by atoms with E-state index in [4.69, 9.17) is 0 Å². The summed E-state index contributed by atoms with van der Waals surface area (Å²) < 4.78 is 39.9. The van der Waals surface area contributed by atoms with Crippen molar-refractivity contribution < 1.29 is 22.5 Å². The summed E-state index contributed by atoms with van der Waals surface area (Å²) in [5.74, 6) is -0.820. The molecule has 0 bridgehead atoms. The predicted molar refractivity (Wildman–Crippen MR) is 104 cm³/mol. The molecular weight excluding hydrogens is 401 g/mol. The lowest BCUT2D eigenvalue weighted by Gasteiger charge is -2.22. The van der Waals surface area contributed by atoms with Crippen LogP contribution in [0.5, 0.6) is 0 Å². The molecule has 0 atom stereocenters. The van der Waals surface area contributed by atoms with Crippen LogP contribution >= 0.6 is 0 Å². The van der Waals surface area contributed by atoms with E-state index in [0.29, 0.717) is 24.1 Å². The molecule has 1 heterocycles. The number of nitro benzene ring substituents is 1. The van der Waals surface area contributed by atoms with Crippen molar-refractivity contribution in [1.82, 2.24) is 9.21 Å². The Morgan fingerprint density at radius 2 is 1.76 bits per heavy atom. The van der Waals surface area contributed by atoms with E-state index in [9.17, 15) is 27.7 Å². The van der Waals surface area contributed by atoms with E-state index in [1.807, 2.05) is 0 Å². The maximum Gasteiger partial charge on any atom is 0.272 e. The van der Waals surface area contributed by atoms with Crippen molar-refractivity contribution in [2.45, 2.75) is 18.2 Å². The van der Waals surface area contributed by atoms with Gasteiger partial charge in [-0.3, -0.25) is 14.9 Å². The Bertz CT molecular complexity index is 1040. The largest absolute Gasteiger partial charge is 0.337 e. The molecule has 3 rings (SSSR count). The highest BCUT2D eigenvalue weighted by molar-refractivity contribution is 7.89. The Balaban J connectivity index is 1.74. The molecule has 29 heavy (non-hydrogen) atoms. The van der Waals surface area contributed by atoms with Crippen molar-refractivity contribution in [3.8, 4) is 0 Å². The van der Waals surface area contributed by atoms with Gasteiger partial charge in [-0.05, 0) is 49.7 Å². The van der Waals surface area contributed by atoms with Crippen molar-refractivity contribution in [3.05, 3.63) is 69.5 Å². The first-order valence-electron chi connectivity index (χ1n) is 9.00. The lowest BCUT2D eigenvalue weighted by atomic mass is 10.1. The van der Waals surface area contributed by atoms with E-state index in [2.05, 4.69) is 0 Å². The fourth-order valence-corrected chi connectivity index (χ4v) is 4.74. The van der Waals surface area contributed by atoms with Gasteiger partial charge in [0.05, 0.1) is 9.82 Å². The normalized spacial score (nSPS) is 15.7. The molecule has 1 fully saturated rings. The Kier molecular flexibility index (Phi) is 5.94. The number of nitrogens with zero attached hydrogens (tertiary/aromatic N) is 3. The van der Waals surface area contributed by atoms with Crippen LogP contribution in [0.2, 0.25) is 0 Å². The van der Waals surface area contributed by atoms with Gasteiger partial charge in [0, 0.05) is 43.4 Å². The smallest absolute Gasteiger partial charge is 0.272 e. The molecule has 0 aliphatic carbocycles. The number of sulfonamides is 1. The number of aryl methyl sites for hydroxylation is 1. The molecule has 0 N–H and O–H groups in total. The van der Waals surface area contributed by atoms with E-state index in [0.717, 1.165) is 12.1 Å². The van der Waals surface area contributed by atoms with Crippen molar-refractivity contribution in [1.29, 1.82) is 0 Å². The molecule has 8 nitrogen and oxygen atoms in total. The quantitative estimate of drug-likeness (QED) is 0.558. The van der Waals surface area contributed by atoms with Gasteiger partial charge in [-0.25, -0.2) is 12.8 Å². The minimum atomic E-state index is -3.78. The maximum atomic E-state index is 13.1. The number of hydrogen-bond donors (Lipinski definition) is 0. The lowest BCUT2D eigenvalue weighted by molar-refractivity contribution is -0.385. The van der Waals surface area contributed by atoms with Crippen LogP contribution in [-0.4, -0.2) is 54.6 Å². The average Bonchev–Trinajstić information content (AvgIpc) is 2.94. The summed E-state index contributed by atoms with van der Waals surface area (Å²) in [6.07, 6.45) is 0.443. The van der Waals surface area contributed by atoms with Gasteiger partial charge in [0.2, 0.25) is 10.0 Å². The Labute approximate surface area is 167 Å². The number of halogens is 1. The summed E-state index contributed by atoms with van der Waals surface area (Å²) >= 11 is 0. The molecule has 154 valence electrons. The van der Waals surface area contributed by atoms with Crippen LogP contribution in [0.4, 0.5) is 10.1 Å². The molecule has 0 saturated carbocycles. The molecule has 0 unspecified atom stereocenters. The second-order valence-corrected chi connectivity index (χ2v) is 8.70. The lowest BCUT2D eigenvalue weighted by Crippen LogP contribution is -2.37. The number of carbonyl (C=O) groups excluding carboxylic acids is 1. The number of benzene rings is 2. The van der Waals surface area contributed by atoms with E-state index < -0.39 is 20.8 Å². The summed E-state index contributed by atoms with van der Waals surface area (Å²) in [7, 11) is -3.78. The monoisotopic (exact) mass is 421 g/mol. The van der Waals surface area contributed by atoms with Crippen LogP contribution in [-0.2, 0) is 10.0 Å². The molecule has 1 aliphatic rings. The molecule has 0 spiro atoms. The van der Waals surface area contributed by atoms with Gasteiger partial charge in [-0.1, -0.05) is 0 Å². The van der Waals surface area contributed by atoms with Crippen molar-refractivity contribution >= 4 is 21.6 Å². The first-order valence-corrected chi connectivity index (χ1v) is 10.4. The fraction of sp³-hybridized carbons (Fsp3) is 0.316. The van der Waals surface area contributed by atoms with E-state index in [1.54, 1.807) is 11.8 Å². The molecule has 10 heteroatoms.